The molecular weight excluding hydrogens is 272 g/mol. The summed E-state index contributed by atoms with van der Waals surface area (Å²) < 4.78 is 5.02. The molecule has 0 radical (unpaired) electrons. The number of hydrogen-bond donors (Lipinski definition) is 1. The molecule has 0 spiro atoms. The molecule has 1 N–H and O–H groups in total. The van der Waals surface area contributed by atoms with Crippen molar-refractivity contribution >= 4 is 16.5 Å². The van der Waals surface area contributed by atoms with Gasteiger partial charge in [0.05, 0.1) is 12.3 Å². The summed E-state index contributed by atoms with van der Waals surface area (Å²) in [5, 5.41) is 6.63. The Kier molecular flexibility index (Phi) is 6.22. The summed E-state index contributed by atoms with van der Waals surface area (Å²) in [6.07, 6.45) is 2.46. The van der Waals surface area contributed by atoms with Gasteiger partial charge in [-0.1, -0.05) is 0 Å². The van der Waals surface area contributed by atoms with Crippen molar-refractivity contribution in [1.82, 2.24) is 15.2 Å². The molecule has 1 aliphatic rings. The van der Waals surface area contributed by atoms with Crippen molar-refractivity contribution in [2.75, 3.05) is 52.3 Å². The van der Waals surface area contributed by atoms with E-state index in [4.69, 9.17) is 9.72 Å². The SMILES string of the molecule is COCCNCc1csc(N(C)C2CCN(C)CC2)n1. The summed E-state index contributed by atoms with van der Waals surface area (Å²) >= 11 is 1.75. The summed E-state index contributed by atoms with van der Waals surface area (Å²) in [5.41, 5.74) is 1.13. The van der Waals surface area contributed by atoms with E-state index in [0.717, 1.165) is 30.5 Å². The van der Waals surface area contributed by atoms with Gasteiger partial charge >= 0.3 is 0 Å². The lowest BCUT2D eigenvalue weighted by molar-refractivity contribution is 0.199. The minimum absolute atomic E-state index is 0.631. The predicted octanol–water partition coefficient (Wildman–Crippen LogP) is 1.41. The standard InChI is InChI=1S/C14H26N4OS/c1-17-7-4-13(5-8-17)18(2)14-16-12(11-20-14)10-15-6-9-19-3/h11,13,15H,4-10H2,1-3H3. The van der Waals surface area contributed by atoms with Crippen LogP contribution in [0.1, 0.15) is 18.5 Å². The lowest BCUT2D eigenvalue weighted by atomic mass is 10.0. The summed E-state index contributed by atoms with van der Waals surface area (Å²) in [6.45, 7) is 4.80. The monoisotopic (exact) mass is 298 g/mol. The quantitative estimate of drug-likeness (QED) is 0.771. The Morgan fingerprint density at radius 2 is 2.25 bits per heavy atom. The summed E-state index contributed by atoms with van der Waals surface area (Å²) in [4.78, 5) is 9.49. The number of methoxy groups -OCH3 is 1. The molecule has 0 bridgehead atoms. The molecule has 6 heteroatoms. The van der Waals surface area contributed by atoms with E-state index in [9.17, 15) is 0 Å². The van der Waals surface area contributed by atoms with Crippen LogP contribution in [0.3, 0.4) is 0 Å². The largest absolute Gasteiger partial charge is 0.383 e. The average molecular weight is 298 g/mol. The van der Waals surface area contributed by atoms with Gasteiger partial charge in [-0.25, -0.2) is 4.98 Å². The zero-order valence-electron chi connectivity index (χ0n) is 12.8. The molecule has 0 atom stereocenters. The molecule has 1 aliphatic heterocycles. The number of anilines is 1. The fourth-order valence-corrected chi connectivity index (χ4v) is 3.33. The van der Waals surface area contributed by atoms with Gasteiger partial charge in [-0.05, 0) is 33.0 Å². The Balaban J connectivity index is 1.81. The lowest BCUT2D eigenvalue weighted by Crippen LogP contribution is -2.41. The van der Waals surface area contributed by atoms with E-state index in [1.807, 2.05) is 0 Å². The van der Waals surface area contributed by atoms with E-state index in [1.165, 1.54) is 25.9 Å². The first-order chi connectivity index (χ1) is 9.70. The third kappa shape index (κ3) is 4.41. The first kappa shape index (κ1) is 15.7. The van der Waals surface area contributed by atoms with Gasteiger partial charge in [-0.2, -0.15) is 0 Å². The highest BCUT2D eigenvalue weighted by Gasteiger charge is 2.22. The zero-order chi connectivity index (χ0) is 14.4. The fourth-order valence-electron chi connectivity index (χ4n) is 2.47. The highest BCUT2D eigenvalue weighted by molar-refractivity contribution is 7.13. The van der Waals surface area contributed by atoms with Crippen molar-refractivity contribution < 1.29 is 4.74 Å². The molecule has 0 amide bonds. The third-order valence-corrected chi connectivity index (χ3v) is 4.85. The van der Waals surface area contributed by atoms with Gasteiger partial charge < -0.3 is 19.9 Å². The molecule has 2 rings (SSSR count). The Labute approximate surface area is 125 Å². The van der Waals surface area contributed by atoms with E-state index in [0.29, 0.717) is 6.04 Å². The zero-order valence-corrected chi connectivity index (χ0v) is 13.6. The number of piperidine rings is 1. The van der Waals surface area contributed by atoms with Gasteiger partial charge in [0.25, 0.3) is 0 Å². The average Bonchev–Trinajstić information content (AvgIpc) is 2.92. The molecule has 1 aromatic rings. The number of hydrogen-bond acceptors (Lipinski definition) is 6. The van der Waals surface area contributed by atoms with Gasteiger partial charge in [0.2, 0.25) is 0 Å². The van der Waals surface area contributed by atoms with Crippen molar-refractivity contribution in [2.24, 2.45) is 0 Å². The highest BCUT2D eigenvalue weighted by atomic mass is 32.1. The van der Waals surface area contributed by atoms with Crippen LogP contribution in [0.25, 0.3) is 0 Å². The minimum atomic E-state index is 0.631. The number of nitrogens with one attached hydrogen (secondary N) is 1. The molecule has 0 aromatic carbocycles. The molecule has 1 aromatic heterocycles. The van der Waals surface area contributed by atoms with E-state index >= 15 is 0 Å². The van der Waals surface area contributed by atoms with Crippen LogP contribution in [0.5, 0.6) is 0 Å². The summed E-state index contributed by atoms with van der Waals surface area (Å²) in [6, 6.07) is 0.631. The van der Waals surface area contributed by atoms with Crippen molar-refractivity contribution in [3.63, 3.8) is 0 Å². The first-order valence-electron chi connectivity index (χ1n) is 7.26. The van der Waals surface area contributed by atoms with Gasteiger partial charge in [-0.15, -0.1) is 11.3 Å². The van der Waals surface area contributed by atoms with Crippen molar-refractivity contribution in [3.05, 3.63) is 11.1 Å². The van der Waals surface area contributed by atoms with Crippen LogP contribution in [0.15, 0.2) is 5.38 Å². The maximum Gasteiger partial charge on any atom is 0.185 e. The van der Waals surface area contributed by atoms with Gasteiger partial charge in [0, 0.05) is 38.7 Å². The van der Waals surface area contributed by atoms with Crippen LogP contribution in [-0.4, -0.2) is 63.4 Å². The van der Waals surface area contributed by atoms with E-state index in [-0.39, 0.29) is 0 Å². The molecule has 114 valence electrons. The number of aromatic nitrogens is 1. The van der Waals surface area contributed by atoms with Gasteiger partial charge in [0.1, 0.15) is 0 Å². The van der Waals surface area contributed by atoms with Crippen LogP contribution in [0, 0.1) is 0 Å². The van der Waals surface area contributed by atoms with Crippen LogP contribution in [0.4, 0.5) is 5.13 Å². The van der Waals surface area contributed by atoms with E-state index in [2.05, 4.69) is 34.6 Å². The topological polar surface area (TPSA) is 40.6 Å². The third-order valence-electron chi connectivity index (χ3n) is 3.87. The van der Waals surface area contributed by atoms with Crippen LogP contribution in [-0.2, 0) is 11.3 Å². The van der Waals surface area contributed by atoms with E-state index < -0.39 is 0 Å². The Morgan fingerprint density at radius 3 is 2.95 bits per heavy atom. The molecule has 0 unspecified atom stereocenters. The molecule has 1 saturated heterocycles. The van der Waals surface area contributed by atoms with Gasteiger partial charge in [-0.3, -0.25) is 0 Å². The van der Waals surface area contributed by atoms with Gasteiger partial charge in [0.15, 0.2) is 5.13 Å². The number of likely N-dealkylation sites (tertiary alicyclic amines) is 1. The van der Waals surface area contributed by atoms with Crippen LogP contribution >= 0.6 is 11.3 Å². The molecule has 2 heterocycles. The van der Waals surface area contributed by atoms with Crippen LogP contribution in [0.2, 0.25) is 0 Å². The fraction of sp³-hybridized carbons (Fsp3) is 0.786. The number of rotatable bonds is 7. The second kappa shape index (κ2) is 7.93. The summed E-state index contributed by atoms with van der Waals surface area (Å²) in [5.74, 6) is 0. The number of thiazole rings is 1. The van der Waals surface area contributed by atoms with E-state index in [1.54, 1.807) is 18.4 Å². The van der Waals surface area contributed by atoms with Crippen molar-refractivity contribution in [3.8, 4) is 0 Å². The smallest absolute Gasteiger partial charge is 0.185 e. The number of nitrogens with zero attached hydrogens (tertiary/aromatic N) is 3. The molecule has 0 aliphatic carbocycles. The number of ether oxygens (including phenoxy) is 1. The molecular formula is C14H26N4OS. The lowest BCUT2D eigenvalue weighted by Gasteiger charge is -2.34. The maximum atomic E-state index is 5.02. The molecule has 1 fully saturated rings. The highest BCUT2D eigenvalue weighted by Crippen LogP contribution is 2.25. The molecule has 5 nitrogen and oxygen atoms in total. The summed E-state index contributed by atoms with van der Waals surface area (Å²) in [7, 11) is 6.10. The second-order valence-electron chi connectivity index (χ2n) is 5.44. The first-order valence-corrected chi connectivity index (χ1v) is 8.14. The Morgan fingerprint density at radius 1 is 1.50 bits per heavy atom. The molecule has 0 saturated carbocycles. The van der Waals surface area contributed by atoms with Crippen molar-refractivity contribution in [2.45, 2.75) is 25.4 Å². The second-order valence-corrected chi connectivity index (χ2v) is 6.27. The van der Waals surface area contributed by atoms with Crippen molar-refractivity contribution in [1.29, 1.82) is 0 Å². The normalized spacial score (nSPS) is 17.6. The maximum absolute atomic E-state index is 5.02. The molecule has 20 heavy (non-hydrogen) atoms. The Bertz CT molecular complexity index is 390. The Hall–Kier alpha value is -0.690. The van der Waals surface area contributed by atoms with Crippen LogP contribution < -0.4 is 10.2 Å². The predicted molar refractivity (Wildman–Crippen MR) is 84.6 cm³/mol. The minimum Gasteiger partial charge on any atom is -0.383 e.